The van der Waals surface area contributed by atoms with Gasteiger partial charge in [0.25, 0.3) is 0 Å². The first kappa shape index (κ1) is 17.3. The number of aryl methyl sites for hydroxylation is 1. The van der Waals surface area contributed by atoms with Gasteiger partial charge < -0.3 is 20.2 Å². The van der Waals surface area contributed by atoms with E-state index in [-0.39, 0.29) is 24.4 Å². The molecule has 3 N–H and O–H groups in total. The van der Waals surface area contributed by atoms with E-state index >= 15 is 0 Å². The van der Waals surface area contributed by atoms with Gasteiger partial charge in [-0.15, -0.1) is 12.4 Å². The quantitative estimate of drug-likeness (QED) is 0.910. The number of nitrogens with one attached hydrogen (secondary N) is 1. The molecule has 0 saturated heterocycles. The standard InChI is InChI=1S/C15H20N2O3.ClH/c1-8-12-7-11(19-4)5-6-13(12)20-14(8)10(3)17-15(18)9(2)16;/h5-7,9-10H,16H2,1-4H3,(H,17,18);1H/t9-,10?;/m0./s1. The number of amides is 1. The third-order valence-corrected chi connectivity index (χ3v) is 3.35. The van der Waals surface area contributed by atoms with Crippen LogP contribution in [0.1, 0.15) is 31.2 Å². The van der Waals surface area contributed by atoms with Gasteiger partial charge in [-0.2, -0.15) is 0 Å². The van der Waals surface area contributed by atoms with Gasteiger partial charge in [0, 0.05) is 10.9 Å². The molecule has 5 nitrogen and oxygen atoms in total. The number of carbonyl (C=O) groups excluding carboxylic acids is 1. The number of ether oxygens (including phenoxy) is 1. The smallest absolute Gasteiger partial charge is 0.237 e. The van der Waals surface area contributed by atoms with Crippen molar-refractivity contribution >= 4 is 29.3 Å². The van der Waals surface area contributed by atoms with E-state index in [1.54, 1.807) is 14.0 Å². The van der Waals surface area contributed by atoms with Crippen molar-refractivity contribution in [3.05, 3.63) is 29.5 Å². The van der Waals surface area contributed by atoms with Crippen LogP contribution < -0.4 is 15.8 Å². The van der Waals surface area contributed by atoms with Crippen molar-refractivity contribution in [3.63, 3.8) is 0 Å². The Kier molecular flexibility index (Phi) is 5.63. The van der Waals surface area contributed by atoms with Crippen molar-refractivity contribution in [1.82, 2.24) is 5.32 Å². The summed E-state index contributed by atoms with van der Waals surface area (Å²) in [4.78, 5) is 11.7. The molecule has 0 bridgehead atoms. The fourth-order valence-corrected chi connectivity index (χ4v) is 2.17. The van der Waals surface area contributed by atoms with Gasteiger partial charge >= 0.3 is 0 Å². The normalized spacial score (nSPS) is 13.4. The third kappa shape index (κ3) is 3.49. The summed E-state index contributed by atoms with van der Waals surface area (Å²) in [5, 5.41) is 3.82. The van der Waals surface area contributed by atoms with Gasteiger partial charge in [-0.1, -0.05) is 0 Å². The maximum absolute atomic E-state index is 11.7. The Bertz CT molecular complexity index is 637. The van der Waals surface area contributed by atoms with E-state index in [1.165, 1.54) is 0 Å². The van der Waals surface area contributed by atoms with Crippen LogP contribution in [0.15, 0.2) is 22.6 Å². The lowest BCUT2D eigenvalue weighted by atomic mass is 10.1. The second-order valence-electron chi connectivity index (χ2n) is 4.97. The lowest BCUT2D eigenvalue weighted by molar-refractivity contribution is -0.122. The van der Waals surface area contributed by atoms with Crippen molar-refractivity contribution < 1.29 is 13.9 Å². The predicted octanol–water partition coefficient (Wildman–Crippen LogP) is 2.70. The molecule has 1 aromatic heterocycles. The SMILES string of the molecule is COc1ccc2oc(C(C)NC(=O)[C@H](C)N)c(C)c2c1.Cl. The number of nitrogens with two attached hydrogens (primary N) is 1. The maximum Gasteiger partial charge on any atom is 0.237 e. The van der Waals surface area contributed by atoms with Crippen LogP contribution in [0.3, 0.4) is 0 Å². The summed E-state index contributed by atoms with van der Waals surface area (Å²) >= 11 is 0. The molecule has 0 radical (unpaired) electrons. The monoisotopic (exact) mass is 312 g/mol. The highest BCUT2D eigenvalue weighted by Crippen LogP contribution is 2.31. The van der Waals surface area contributed by atoms with Crippen LogP contribution in [0.4, 0.5) is 0 Å². The van der Waals surface area contributed by atoms with Gasteiger partial charge in [-0.3, -0.25) is 4.79 Å². The third-order valence-electron chi connectivity index (χ3n) is 3.35. The Hall–Kier alpha value is -1.72. The number of fused-ring (bicyclic) bond motifs is 1. The van der Waals surface area contributed by atoms with E-state index in [0.29, 0.717) is 0 Å². The molecule has 1 amide bonds. The first-order valence-corrected chi connectivity index (χ1v) is 6.57. The molecule has 0 saturated carbocycles. The highest BCUT2D eigenvalue weighted by atomic mass is 35.5. The molecule has 2 aromatic rings. The minimum Gasteiger partial charge on any atom is -0.497 e. The van der Waals surface area contributed by atoms with Crippen molar-refractivity contribution in [2.75, 3.05) is 7.11 Å². The van der Waals surface area contributed by atoms with Crippen LogP contribution in [0.2, 0.25) is 0 Å². The molecular weight excluding hydrogens is 292 g/mol. The molecular formula is C15H21ClN2O3. The Labute approximate surface area is 130 Å². The number of methoxy groups -OCH3 is 1. The Morgan fingerprint density at radius 2 is 2.05 bits per heavy atom. The first-order valence-electron chi connectivity index (χ1n) is 6.57. The van der Waals surface area contributed by atoms with Crippen LogP contribution in [0, 0.1) is 6.92 Å². The lowest BCUT2D eigenvalue weighted by Crippen LogP contribution is -2.39. The van der Waals surface area contributed by atoms with E-state index in [0.717, 1.165) is 28.0 Å². The van der Waals surface area contributed by atoms with Gasteiger partial charge in [-0.05, 0) is 39.0 Å². The zero-order chi connectivity index (χ0) is 14.9. The summed E-state index contributed by atoms with van der Waals surface area (Å²) in [6.45, 7) is 5.50. The number of hydrogen-bond acceptors (Lipinski definition) is 4. The van der Waals surface area contributed by atoms with Gasteiger partial charge in [0.15, 0.2) is 0 Å². The molecule has 1 unspecified atom stereocenters. The summed E-state index contributed by atoms with van der Waals surface area (Å²) < 4.78 is 11.0. The van der Waals surface area contributed by atoms with Gasteiger partial charge in [0.1, 0.15) is 17.1 Å². The van der Waals surface area contributed by atoms with Gasteiger partial charge in [0.2, 0.25) is 5.91 Å². The molecule has 2 rings (SSSR count). The second kappa shape index (κ2) is 6.83. The highest BCUT2D eigenvalue weighted by molar-refractivity contribution is 5.85. The molecule has 116 valence electrons. The molecule has 0 aliphatic heterocycles. The molecule has 21 heavy (non-hydrogen) atoms. The van der Waals surface area contributed by atoms with E-state index in [9.17, 15) is 4.79 Å². The van der Waals surface area contributed by atoms with Crippen molar-refractivity contribution in [1.29, 1.82) is 0 Å². The molecule has 0 spiro atoms. The predicted molar refractivity (Wildman–Crippen MR) is 85.0 cm³/mol. The molecule has 2 atom stereocenters. The molecule has 1 aromatic carbocycles. The van der Waals surface area contributed by atoms with Crippen LogP contribution in [-0.4, -0.2) is 19.1 Å². The molecule has 0 aliphatic carbocycles. The Morgan fingerprint density at radius 1 is 1.38 bits per heavy atom. The number of carbonyl (C=O) groups is 1. The Balaban J connectivity index is 0.00000220. The zero-order valence-corrected chi connectivity index (χ0v) is 13.4. The largest absolute Gasteiger partial charge is 0.497 e. The average Bonchev–Trinajstić information content (AvgIpc) is 2.75. The number of furan rings is 1. The molecule has 0 aliphatic rings. The summed E-state index contributed by atoms with van der Waals surface area (Å²) in [7, 11) is 1.63. The zero-order valence-electron chi connectivity index (χ0n) is 12.6. The molecule has 6 heteroatoms. The second-order valence-corrected chi connectivity index (χ2v) is 4.97. The van der Waals surface area contributed by atoms with Crippen molar-refractivity contribution in [2.45, 2.75) is 32.9 Å². The van der Waals surface area contributed by atoms with Gasteiger partial charge in [-0.25, -0.2) is 0 Å². The average molecular weight is 313 g/mol. The number of benzene rings is 1. The highest BCUT2D eigenvalue weighted by Gasteiger charge is 2.19. The fourth-order valence-electron chi connectivity index (χ4n) is 2.17. The molecule has 0 fully saturated rings. The Morgan fingerprint density at radius 3 is 2.62 bits per heavy atom. The topological polar surface area (TPSA) is 77.5 Å². The summed E-state index contributed by atoms with van der Waals surface area (Å²) in [5.74, 6) is 1.32. The summed E-state index contributed by atoms with van der Waals surface area (Å²) in [6.07, 6.45) is 0. The van der Waals surface area contributed by atoms with Crippen LogP contribution >= 0.6 is 12.4 Å². The van der Waals surface area contributed by atoms with E-state index < -0.39 is 6.04 Å². The van der Waals surface area contributed by atoms with Crippen LogP contribution in [0.25, 0.3) is 11.0 Å². The maximum atomic E-state index is 11.7. The number of hydrogen-bond donors (Lipinski definition) is 2. The van der Waals surface area contributed by atoms with Crippen LogP contribution in [-0.2, 0) is 4.79 Å². The van der Waals surface area contributed by atoms with Crippen molar-refractivity contribution in [3.8, 4) is 5.75 Å². The van der Waals surface area contributed by atoms with Gasteiger partial charge in [0.05, 0.1) is 19.2 Å². The minimum absolute atomic E-state index is 0. The summed E-state index contributed by atoms with van der Waals surface area (Å²) in [6, 6.07) is 4.87. The summed E-state index contributed by atoms with van der Waals surface area (Å²) in [5.41, 5.74) is 7.33. The van der Waals surface area contributed by atoms with E-state index in [4.69, 9.17) is 14.9 Å². The number of halogens is 1. The fraction of sp³-hybridized carbons (Fsp3) is 0.400. The first-order chi connectivity index (χ1) is 9.43. The molecule has 1 heterocycles. The van der Waals surface area contributed by atoms with E-state index in [2.05, 4.69) is 5.32 Å². The lowest BCUT2D eigenvalue weighted by Gasteiger charge is -2.14. The minimum atomic E-state index is -0.540. The van der Waals surface area contributed by atoms with Crippen LogP contribution in [0.5, 0.6) is 5.75 Å². The number of rotatable bonds is 4. The van der Waals surface area contributed by atoms with E-state index in [1.807, 2.05) is 32.0 Å². The van der Waals surface area contributed by atoms with Crippen molar-refractivity contribution in [2.24, 2.45) is 5.73 Å².